The van der Waals surface area contributed by atoms with Gasteiger partial charge in [-0.3, -0.25) is 0 Å². The number of nitrogens with one attached hydrogen (secondary N) is 2. The zero-order valence-corrected chi connectivity index (χ0v) is 14.4. The van der Waals surface area contributed by atoms with E-state index in [2.05, 4.69) is 10.6 Å². The minimum Gasteiger partial charge on any atom is -0.454 e. The number of carbonyl (C=O) groups is 1. The maximum absolute atomic E-state index is 13.3. The summed E-state index contributed by atoms with van der Waals surface area (Å²) in [5, 5.41) is 5.59. The molecule has 0 saturated carbocycles. The first-order valence-electron chi connectivity index (χ1n) is 8.50. The molecule has 1 aliphatic heterocycles. The number of nitrogens with zero attached hydrogens (tertiary/aromatic N) is 1. The molecule has 6 nitrogen and oxygen atoms in total. The summed E-state index contributed by atoms with van der Waals surface area (Å²) in [5.74, 6) is 1.01. The molecule has 2 N–H and O–H groups in total. The Morgan fingerprint density at radius 2 is 1.96 bits per heavy atom. The molecule has 3 aromatic rings. The molecular weight excluding hydrogens is 349 g/mol. The molecule has 0 fully saturated rings. The number of hydrogen-bond donors (Lipinski definition) is 2. The van der Waals surface area contributed by atoms with Crippen LogP contribution in [0.1, 0.15) is 11.3 Å². The molecule has 0 spiro atoms. The number of urea groups is 1. The van der Waals surface area contributed by atoms with Crippen molar-refractivity contribution in [2.24, 2.45) is 0 Å². The summed E-state index contributed by atoms with van der Waals surface area (Å²) >= 11 is 0. The van der Waals surface area contributed by atoms with E-state index in [0.717, 1.165) is 11.3 Å². The van der Waals surface area contributed by atoms with Crippen LogP contribution in [0, 0.1) is 5.82 Å². The first-order chi connectivity index (χ1) is 13.2. The first kappa shape index (κ1) is 17.0. The van der Waals surface area contributed by atoms with Crippen molar-refractivity contribution in [3.8, 4) is 11.5 Å². The van der Waals surface area contributed by atoms with Gasteiger partial charge in [0.25, 0.3) is 0 Å². The van der Waals surface area contributed by atoms with E-state index in [1.807, 2.05) is 29.0 Å². The lowest BCUT2D eigenvalue weighted by Gasteiger charge is -2.12. The van der Waals surface area contributed by atoms with Crippen LogP contribution in [0.3, 0.4) is 0 Å². The van der Waals surface area contributed by atoms with Gasteiger partial charge >= 0.3 is 6.03 Å². The number of fused-ring (bicyclic) bond motifs is 1. The number of anilines is 1. The van der Waals surface area contributed by atoms with Gasteiger partial charge in [0.15, 0.2) is 11.5 Å². The minimum absolute atomic E-state index is 0.188. The van der Waals surface area contributed by atoms with Gasteiger partial charge < -0.3 is 24.7 Å². The van der Waals surface area contributed by atoms with Crippen molar-refractivity contribution in [1.82, 2.24) is 9.88 Å². The molecule has 4 rings (SSSR count). The van der Waals surface area contributed by atoms with Gasteiger partial charge in [0, 0.05) is 30.2 Å². The van der Waals surface area contributed by atoms with E-state index in [0.29, 0.717) is 30.3 Å². The third-order valence-electron chi connectivity index (χ3n) is 4.23. The Morgan fingerprint density at radius 1 is 1.07 bits per heavy atom. The Kier molecular flexibility index (Phi) is 4.65. The van der Waals surface area contributed by atoms with Crippen LogP contribution in [0.25, 0.3) is 0 Å². The average molecular weight is 367 g/mol. The Labute approximate surface area is 155 Å². The molecule has 27 heavy (non-hydrogen) atoms. The maximum Gasteiger partial charge on any atom is 0.319 e. The molecule has 2 amide bonds. The average Bonchev–Trinajstić information content (AvgIpc) is 3.29. The summed E-state index contributed by atoms with van der Waals surface area (Å²) in [4.78, 5) is 12.2. The number of carbonyl (C=O) groups excluding carboxylic acids is 1. The molecule has 138 valence electrons. The van der Waals surface area contributed by atoms with Crippen LogP contribution in [0.15, 0.2) is 60.8 Å². The van der Waals surface area contributed by atoms with Gasteiger partial charge in [0.2, 0.25) is 6.79 Å². The maximum atomic E-state index is 13.3. The van der Waals surface area contributed by atoms with Gasteiger partial charge in [-0.1, -0.05) is 12.1 Å². The van der Waals surface area contributed by atoms with Crippen molar-refractivity contribution >= 4 is 11.7 Å². The summed E-state index contributed by atoms with van der Waals surface area (Å²) in [6.07, 6.45) is 1.90. The highest BCUT2D eigenvalue weighted by Gasteiger charge is 2.14. The summed E-state index contributed by atoms with van der Waals surface area (Å²) in [5.41, 5.74) is 2.39. The lowest BCUT2D eigenvalue weighted by Crippen LogP contribution is -2.29. The standard InChI is InChI=1S/C20H18FN3O3/c21-15-4-1-3-14(9-15)12-24-8-2-5-17(24)11-22-20(25)23-16-6-7-18-19(10-16)27-13-26-18/h1-10H,11-13H2,(H2,22,23,25). The van der Waals surface area contributed by atoms with E-state index in [9.17, 15) is 9.18 Å². The van der Waals surface area contributed by atoms with Gasteiger partial charge in [-0.15, -0.1) is 0 Å². The van der Waals surface area contributed by atoms with Gasteiger partial charge in [-0.05, 0) is 42.0 Å². The number of amides is 2. The highest BCUT2D eigenvalue weighted by atomic mass is 19.1. The van der Waals surface area contributed by atoms with E-state index in [4.69, 9.17) is 9.47 Å². The number of halogens is 1. The molecule has 1 aromatic heterocycles. The van der Waals surface area contributed by atoms with E-state index in [-0.39, 0.29) is 18.6 Å². The van der Waals surface area contributed by atoms with Crippen LogP contribution in [0.2, 0.25) is 0 Å². The van der Waals surface area contributed by atoms with Crippen LogP contribution in [0.4, 0.5) is 14.9 Å². The highest BCUT2D eigenvalue weighted by molar-refractivity contribution is 5.89. The highest BCUT2D eigenvalue weighted by Crippen LogP contribution is 2.34. The molecular formula is C20H18FN3O3. The molecule has 1 aliphatic rings. The van der Waals surface area contributed by atoms with Crippen molar-refractivity contribution in [3.05, 3.63) is 77.9 Å². The van der Waals surface area contributed by atoms with Crippen LogP contribution < -0.4 is 20.1 Å². The fourth-order valence-electron chi connectivity index (χ4n) is 2.92. The lowest BCUT2D eigenvalue weighted by molar-refractivity contribution is 0.174. The number of ether oxygens (including phenoxy) is 2. The predicted octanol–water partition coefficient (Wildman–Crippen LogP) is 3.73. The number of rotatable bonds is 5. The van der Waals surface area contributed by atoms with Crippen molar-refractivity contribution in [2.75, 3.05) is 12.1 Å². The normalized spacial score (nSPS) is 12.0. The third kappa shape index (κ3) is 4.03. The quantitative estimate of drug-likeness (QED) is 0.722. The molecule has 7 heteroatoms. The third-order valence-corrected chi connectivity index (χ3v) is 4.23. The van der Waals surface area contributed by atoms with E-state index in [1.54, 1.807) is 24.3 Å². The minimum atomic E-state index is -0.327. The number of aromatic nitrogens is 1. The molecule has 0 aliphatic carbocycles. The van der Waals surface area contributed by atoms with Gasteiger partial charge in [0.05, 0.1) is 6.54 Å². The second-order valence-corrected chi connectivity index (χ2v) is 6.13. The van der Waals surface area contributed by atoms with E-state index in [1.165, 1.54) is 12.1 Å². The second kappa shape index (κ2) is 7.41. The van der Waals surface area contributed by atoms with Gasteiger partial charge in [-0.25, -0.2) is 9.18 Å². The smallest absolute Gasteiger partial charge is 0.319 e. The Morgan fingerprint density at radius 3 is 2.85 bits per heavy atom. The van der Waals surface area contributed by atoms with Crippen LogP contribution in [0.5, 0.6) is 11.5 Å². The lowest BCUT2D eigenvalue weighted by atomic mass is 10.2. The van der Waals surface area contributed by atoms with Crippen LogP contribution in [-0.4, -0.2) is 17.4 Å². The Hall–Kier alpha value is -3.48. The summed E-state index contributed by atoms with van der Waals surface area (Å²) < 4.78 is 25.9. The molecule has 0 saturated heterocycles. The SMILES string of the molecule is O=C(NCc1cccn1Cc1cccc(F)c1)Nc1ccc2c(c1)OCO2. The summed E-state index contributed by atoms with van der Waals surface area (Å²) in [7, 11) is 0. The Bertz CT molecular complexity index is 971. The van der Waals surface area contributed by atoms with Crippen molar-refractivity contribution < 1.29 is 18.7 Å². The zero-order chi connectivity index (χ0) is 18.6. The van der Waals surface area contributed by atoms with Crippen LogP contribution in [-0.2, 0) is 13.1 Å². The predicted molar refractivity (Wildman–Crippen MR) is 98.4 cm³/mol. The van der Waals surface area contributed by atoms with Crippen molar-refractivity contribution in [2.45, 2.75) is 13.1 Å². The largest absolute Gasteiger partial charge is 0.454 e. The van der Waals surface area contributed by atoms with E-state index < -0.39 is 0 Å². The van der Waals surface area contributed by atoms with Gasteiger partial charge in [0.1, 0.15) is 5.82 Å². The topological polar surface area (TPSA) is 64.5 Å². The van der Waals surface area contributed by atoms with Gasteiger partial charge in [-0.2, -0.15) is 0 Å². The van der Waals surface area contributed by atoms with Crippen molar-refractivity contribution in [3.63, 3.8) is 0 Å². The van der Waals surface area contributed by atoms with Crippen molar-refractivity contribution in [1.29, 1.82) is 0 Å². The molecule has 0 radical (unpaired) electrons. The molecule has 0 bridgehead atoms. The molecule has 2 aromatic carbocycles. The zero-order valence-electron chi connectivity index (χ0n) is 14.4. The number of benzene rings is 2. The monoisotopic (exact) mass is 367 g/mol. The molecule has 0 atom stereocenters. The fourth-order valence-corrected chi connectivity index (χ4v) is 2.92. The second-order valence-electron chi connectivity index (χ2n) is 6.13. The fraction of sp³-hybridized carbons (Fsp3) is 0.150. The summed E-state index contributed by atoms with van der Waals surface area (Å²) in [6.45, 7) is 1.07. The molecule has 2 heterocycles. The summed E-state index contributed by atoms with van der Waals surface area (Å²) in [6, 6.07) is 15.2. The first-order valence-corrected chi connectivity index (χ1v) is 8.50. The van der Waals surface area contributed by atoms with E-state index >= 15 is 0 Å². The molecule has 0 unspecified atom stereocenters. The van der Waals surface area contributed by atoms with Crippen LogP contribution >= 0.6 is 0 Å². The number of hydrogen-bond acceptors (Lipinski definition) is 3. The Balaban J connectivity index is 1.35.